The van der Waals surface area contributed by atoms with E-state index < -0.39 is 42.8 Å². The highest BCUT2D eigenvalue weighted by Crippen LogP contribution is 2.63. The maximum absolute atomic E-state index is 13.2. The molecule has 15 heteroatoms. The Morgan fingerprint density at radius 2 is 0.800 bits per heavy atom. The largest absolute Gasteiger partial charge is 0.523 e. The molecule has 2 rings (SSSR count). The molecule has 0 radical (unpaired) electrons. The van der Waals surface area contributed by atoms with Crippen LogP contribution in [0.2, 0.25) is 0 Å². The van der Waals surface area contributed by atoms with E-state index in [-0.39, 0.29) is 48.0 Å². The van der Waals surface area contributed by atoms with Gasteiger partial charge in [0, 0.05) is 0 Å². The van der Waals surface area contributed by atoms with Crippen LogP contribution in [0.25, 0.3) is 0 Å². The van der Waals surface area contributed by atoms with Gasteiger partial charge in [0.15, 0.2) is 0 Å². The second-order valence-electron chi connectivity index (χ2n) is 8.22. The molecule has 0 aliphatic heterocycles. The minimum absolute atomic E-state index is 0.000605. The molecular weight excluding hydrogens is 530 g/mol. The molecule has 0 saturated heterocycles. The van der Waals surface area contributed by atoms with E-state index in [9.17, 15) is 43.2 Å². The van der Waals surface area contributed by atoms with Gasteiger partial charge in [0.05, 0.1) is 0 Å². The summed E-state index contributed by atoms with van der Waals surface area (Å²) in [5.74, 6) is -5.40. The average molecular weight is 559 g/mol. The first kappa shape index (κ1) is 30.1. The Balaban J connectivity index is 2.64. The van der Waals surface area contributed by atoms with Crippen LogP contribution in [0, 0.1) is 0 Å². The van der Waals surface area contributed by atoms with Crippen molar-refractivity contribution in [2.75, 3.05) is 0 Å². The molecule has 0 heterocycles. The highest BCUT2D eigenvalue weighted by Gasteiger charge is 2.71. The second-order valence-corrected chi connectivity index (χ2v) is 11.3. The molecule has 0 unspecified atom stereocenters. The van der Waals surface area contributed by atoms with Crippen LogP contribution >= 0.6 is 0 Å². The first-order chi connectivity index (χ1) is 15.9. The summed E-state index contributed by atoms with van der Waals surface area (Å²) in [4.78, 5) is 0. The van der Waals surface area contributed by atoms with Gasteiger partial charge in [-0.3, -0.25) is 4.74 Å². The molecule has 2 aliphatic rings. The number of rotatable bonds is 14. The summed E-state index contributed by atoms with van der Waals surface area (Å²) in [6.07, 6.45) is 1.30. The molecule has 2 aliphatic carbocycles. The average Bonchev–Trinajstić information content (AvgIpc) is 3.46. The number of halogens is 6. The lowest BCUT2D eigenvalue weighted by Gasteiger charge is -2.30. The Morgan fingerprint density at radius 1 is 0.571 bits per heavy atom. The summed E-state index contributed by atoms with van der Waals surface area (Å²) in [6.45, 7) is 6.55. The smallest absolute Gasteiger partial charge is 0.300 e. The normalized spacial score (nSPS) is 19.9. The van der Waals surface area contributed by atoms with E-state index in [1.54, 1.807) is 27.7 Å². The summed E-state index contributed by atoms with van der Waals surface area (Å²) < 4.78 is 142. The Kier molecular flexibility index (Phi) is 8.55. The third-order valence-electron chi connectivity index (χ3n) is 5.50. The molecule has 7 nitrogen and oxygen atoms in total. The van der Waals surface area contributed by atoms with Crippen molar-refractivity contribution in [1.82, 2.24) is 0 Å². The van der Waals surface area contributed by atoms with Gasteiger partial charge in [0.1, 0.15) is 0 Å². The molecule has 0 atom stereocenters. The maximum atomic E-state index is 13.2. The predicted molar refractivity (Wildman–Crippen MR) is 112 cm³/mol. The Hall–Kier alpha value is -1.16. The molecular formula is C20H28F6O7S2. The lowest BCUT2D eigenvalue weighted by atomic mass is 10.2. The molecule has 0 N–H and O–H groups in total. The van der Waals surface area contributed by atoms with Gasteiger partial charge in [-0.1, -0.05) is 53.4 Å². The van der Waals surface area contributed by atoms with Crippen LogP contribution in [0.1, 0.15) is 79.1 Å². The summed E-state index contributed by atoms with van der Waals surface area (Å²) in [5, 5.41) is 0. The van der Waals surface area contributed by atoms with E-state index in [1.807, 2.05) is 0 Å². The van der Waals surface area contributed by atoms with E-state index in [2.05, 4.69) is 8.37 Å². The zero-order valence-electron chi connectivity index (χ0n) is 19.6. The van der Waals surface area contributed by atoms with Gasteiger partial charge in [-0.15, -0.1) is 0 Å². The van der Waals surface area contributed by atoms with Gasteiger partial charge in [-0.2, -0.15) is 43.2 Å². The van der Waals surface area contributed by atoms with Crippen molar-refractivity contribution in [3.63, 3.8) is 0 Å². The van der Waals surface area contributed by atoms with E-state index in [0.29, 0.717) is 25.7 Å². The van der Waals surface area contributed by atoms with E-state index in [1.165, 1.54) is 0 Å². The van der Waals surface area contributed by atoms with Crippen molar-refractivity contribution in [3.05, 3.63) is 22.3 Å². The van der Waals surface area contributed by atoms with Crippen LogP contribution in [0.4, 0.5) is 26.3 Å². The van der Waals surface area contributed by atoms with Crippen LogP contribution in [-0.4, -0.2) is 39.4 Å². The highest BCUT2D eigenvalue weighted by molar-refractivity contribution is 7.87. The van der Waals surface area contributed by atoms with Gasteiger partial charge >= 0.3 is 31.3 Å². The monoisotopic (exact) mass is 558 g/mol. The van der Waals surface area contributed by atoms with Crippen LogP contribution in [0.5, 0.6) is 0 Å². The number of ether oxygens (including phenoxy) is 1. The van der Waals surface area contributed by atoms with Crippen molar-refractivity contribution < 1.29 is 56.3 Å². The third kappa shape index (κ3) is 5.58. The van der Waals surface area contributed by atoms with Crippen LogP contribution in [-0.2, 0) is 33.3 Å². The molecule has 0 aromatic heterocycles. The molecule has 35 heavy (non-hydrogen) atoms. The van der Waals surface area contributed by atoms with Gasteiger partial charge in [-0.05, 0) is 48.0 Å². The van der Waals surface area contributed by atoms with E-state index >= 15 is 0 Å². The SMILES string of the molecule is CCCC1=C(CCC)C1(OC1(OS(=O)(=O)C(F)(F)F)C(CCC)=C1CCC)OS(=O)(=O)C(F)(F)F. The molecule has 0 aromatic rings. The van der Waals surface area contributed by atoms with Crippen molar-refractivity contribution >= 4 is 20.2 Å². The summed E-state index contributed by atoms with van der Waals surface area (Å²) in [5.41, 5.74) is -11.7. The van der Waals surface area contributed by atoms with Crippen LogP contribution < -0.4 is 0 Å². The summed E-state index contributed by atoms with van der Waals surface area (Å²) in [6, 6.07) is 0. The predicted octanol–water partition coefficient (Wildman–Crippen LogP) is 5.95. The van der Waals surface area contributed by atoms with Crippen molar-refractivity contribution in [2.45, 2.75) is 102 Å². The number of alkyl halides is 6. The van der Waals surface area contributed by atoms with E-state index in [0.717, 1.165) is 0 Å². The molecule has 0 aromatic carbocycles. The van der Waals surface area contributed by atoms with Gasteiger partial charge in [0.25, 0.3) is 0 Å². The fourth-order valence-electron chi connectivity index (χ4n) is 4.04. The van der Waals surface area contributed by atoms with Crippen molar-refractivity contribution in [3.8, 4) is 0 Å². The van der Waals surface area contributed by atoms with Gasteiger partial charge < -0.3 is 0 Å². The minimum Gasteiger partial charge on any atom is -0.300 e. The second kappa shape index (κ2) is 9.95. The number of hydrogen-bond donors (Lipinski definition) is 0. The lowest BCUT2D eigenvalue weighted by molar-refractivity contribution is -0.213. The fraction of sp³-hybridized carbons (Fsp3) is 0.800. The molecule has 0 spiro atoms. The first-order valence-corrected chi connectivity index (χ1v) is 13.9. The van der Waals surface area contributed by atoms with Crippen LogP contribution in [0.3, 0.4) is 0 Å². The topological polar surface area (TPSA) is 96.0 Å². The van der Waals surface area contributed by atoms with Gasteiger partial charge in [-0.25, -0.2) is 8.37 Å². The van der Waals surface area contributed by atoms with Gasteiger partial charge in [0.2, 0.25) is 11.6 Å². The Morgan fingerprint density at radius 3 is 0.971 bits per heavy atom. The molecule has 0 fully saturated rings. The zero-order valence-corrected chi connectivity index (χ0v) is 21.2. The van der Waals surface area contributed by atoms with Crippen molar-refractivity contribution in [2.24, 2.45) is 0 Å². The third-order valence-corrected chi connectivity index (χ3v) is 7.54. The molecule has 204 valence electrons. The quantitative estimate of drug-likeness (QED) is 0.0855. The Bertz CT molecular complexity index is 968. The highest BCUT2D eigenvalue weighted by atomic mass is 32.2. The molecule has 0 saturated carbocycles. The fourth-order valence-corrected chi connectivity index (χ4v) is 5.32. The van der Waals surface area contributed by atoms with E-state index in [4.69, 9.17) is 4.74 Å². The molecule has 0 bridgehead atoms. The standard InChI is InChI=1S/C20H28F6O7S2/c1-5-9-13-14(10-6-2)17(13,32-34(27,28)19(21,22)23)31-18(33-35(29,30)20(24,25)26)15(11-7-3)16(18)12-8-4/h5-12H2,1-4H3. The minimum atomic E-state index is -6.28. The Labute approximate surface area is 200 Å². The first-order valence-electron chi connectivity index (χ1n) is 11.1. The summed E-state index contributed by atoms with van der Waals surface area (Å²) in [7, 11) is -12.6. The lowest BCUT2D eigenvalue weighted by Crippen LogP contribution is -2.44. The zero-order chi connectivity index (χ0) is 27.1. The van der Waals surface area contributed by atoms with Crippen molar-refractivity contribution in [1.29, 1.82) is 0 Å². The molecule has 0 amide bonds. The summed E-state index contributed by atoms with van der Waals surface area (Å²) >= 11 is 0. The van der Waals surface area contributed by atoms with Crippen LogP contribution in [0.15, 0.2) is 22.3 Å². The maximum Gasteiger partial charge on any atom is 0.523 e. The number of hydrogen-bond acceptors (Lipinski definition) is 7.